The zero-order valence-electron chi connectivity index (χ0n) is 10.3. The maximum absolute atomic E-state index is 11.0. The van der Waals surface area contributed by atoms with E-state index in [4.69, 9.17) is 28.3 Å². The first-order valence-electron chi connectivity index (χ1n) is 5.29. The van der Waals surface area contributed by atoms with E-state index in [0.717, 1.165) is 0 Å². The highest BCUT2D eigenvalue weighted by molar-refractivity contribution is 6.36. The molecule has 0 aliphatic rings. The van der Waals surface area contributed by atoms with Crippen LogP contribution in [-0.4, -0.2) is 34.0 Å². The molecule has 0 aliphatic carbocycles. The quantitative estimate of drug-likeness (QED) is 0.668. The van der Waals surface area contributed by atoms with E-state index < -0.39 is 16.9 Å². The first-order chi connectivity index (χ1) is 8.73. The molecule has 19 heavy (non-hydrogen) atoms. The monoisotopic (exact) mass is 306 g/mol. The number of nitro benzene ring substituents is 1. The average molecular weight is 307 g/mol. The molecule has 0 spiro atoms. The molecule has 6 nitrogen and oxygen atoms in total. The Morgan fingerprint density at radius 3 is 2.58 bits per heavy atom. The molecule has 1 atom stereocenters. The fourth-order valence-corrected chi connectivity index (χ4v) is 2.14. The second kappa shape index (κ2) is 6.18. The Morgan fingerprint density at radius 2 is 2.11 bits per heavy atom. The molecule has 0 radical (unpaired) electrons. The lowest BCUT2D eigenvalue weighted by molar-refractivity contribution is -0.385. The smallest absolute Gasteiger partial charge is 0.320 e. The molecule has 1 aromatic carbocycles. The van der Waals surface area contributed by atoms with Crippen molar-refractivity contribution >= 4 is 34.9 Å². The van der Waals surface area contributed by atoms with Gasteiger partial charge in [0.1, 0.15) is 11.1 Å². The molecule has 104 valence electrons. The molecular formula is C11H12Cl2N2O4. The number of aliphatic carboxylic acids is 1. The van der Waals surface area contributed by atoms with Crippen molar-refractivity contribution in [1.82, 2.24) is 4.90 Å². The molecule has 0 saturated heterocycles. The van der Waals surface area contributed by atoms with Gasteiger partial charge < -0.3 is 5.11 Å². The topological polar surface area (TPSA) is 83.7 Å². The SMILES string of the molecule is CC(C(=O)O)N(C)Cc1cc(Cl)cc(Cl)c1[N+](=O)[O-]. The molecule has 1 N–H and O–H groups in total. The van der Waals surface area contributed by atoms with E-state index in [2.05, 4.69) is 0 Å². The number of benzene rings is 1. The van der Waals surface area contributed by atoms with Gasteiger partial charge in [0.05, 0.1) is 4.92 Å². The van der Waals surface area contributed by atoms with E-state index in [9.17, 15) is 14.9 Å². The lowest BCUT2D eigenvalue weighted by Crippen LogP contribution is -2.35. The highest BCUT2D eigenvalue weighted by atomic mass is 35.5. The van der Waals surface area contributed by atoms with Gasteiger partial charge in [0.15, 0.2) is 0 Å². The highest BCUT2D eigenvalue weighted by Gasteiger charge is 2.24. The number of carbonyl (C=O) groups is 1. The number of rotatable bonds is 5. The number of hydrogen-bond acceptors (Lipinski definition) is 4. The Balaban J connectivity index is 3.13. The van der Waals surface area contributed by atoms with Crippen molar-refractivity contribution in [2.45, 2.75) is 19.5 Å². The van der Waals surface area contributed by atoms with Crippen molar-refractivity contribution in [1.29, 1.82) is 0 Å². The minimum Gasteiger partial charge on any atom is -0.480 e. The molecule has 8 heteroatoms. The maximum atomic E-state index is 11.0. The van der Waals surface area contributed by atoms with Crippen molar-refractivity contribution < 1.29 is 14.8 Å². The summed E-state index contributed by atoms with van der Waals surface area (Å²) in [4.78, 5) is 22.7. The van der Waals surface area contributed by atoms with Crippen LogP contribution < -0.4 is 0 Å². The van der Waals surface area contributed by atoms with Crippen LogP contribution >= 0.6 is 23.2 Å². The van der Waals surface area contributed by atoms with Crippen molar-refractivity contribution in [2.75, 3.05) is 7.05 Å². The van der Waals surface area contributed by atoms with Crippen molar-refractivity contribution in [3.8, 4) is 0 Å². The van der Waals surface area contributed by atoms with Crippen molar-refractivity contribution in [3.05, 3.63) is 37.9 Å². The summed E-state index contributed by atoms with van der Waals surface area (Å²) in [6.45, 7) is 1.55. The van der Waals surface area contributed by atoms with Gasteiger partial charge in [-0.25, -0.2) is 0 Å². The second-order valence-corrected chi connectivity index (χ2v) is 4.93. The summed E-state index contributed by atoms with van der Waals surface area (Å²) in [5, 5.41) is 20.1. The van der Waals surface area contributed by atoms with Gasteiger partial charge in [-0.15, -0.1) is 0 Å². The predicted octanol–water partition coefficient (Wildman–Crippen LogP) is 2.81. The van der Waals surface area contributed by atoms with Gasteiger partial charge in [-0.1, -0.05) is 23.2 Å². The van der Waals surface area contributed by atoms with Gasteiger partial charge in [-0.2, -0.15) is 0 Å². The molecule has 0 aliphatic heterocycles. The van der Waals surface area contributed by atoms with Crippen LogP contribution in [0.1, 0.15) is 12.5 Å². The Hall–Kier alpha value is -1.37. The molecular weight excluding hydrogens is 295 g/mol. The molecule has 1 rings (SSSR count). The number of halogens is 2. The first-order valence-corrected chi connectivity index (χ1v) is 6.05. The van der Waals surface area contributed by atoms with Crippen LogP contribution in [0.4, 0.5) is 5.69 Å². The molecule has 0 fully saturated rings. The lowest BCUT2D eigenvalue weighted by Gasteiger charge is -2.21. The number of carboxylic acid groups (broad SMARTS) is 1. The second-order valence-electron chi connectivity index (χ2n) is 4.08. The van der Waals surface area contributed by atoms with Crippen LogP contribution in [0.2, 0.25) is 10.0 Å². The predicted molar refractivity (Wildman–Crippen MR) is 71.7 cm³/mol. The van der Waals surface area contributed by atoms with E-state index in [1.807, 2.05) is 0 Å². The number of hydrogen-bond donors (Lipinski definition) is 1. The Kier molecular flexibility index (Phi) is 5.11. The van der Waals surface area contributed by atoms with Crippen LogP contribution in [0.15, 0.2) is 12.1 Å². The van der Waals surface area contributed by atoms with Gasteiger partial charge in [0.2, 0.25) is 0 Å². The minimum atomic E-state index is -1.02. The van der Waals surface area contributed by atoms with E-state index in [-0.39, 0.29) is 27.8 Å². The summed E-state index contributed by atoms with van der Waals surface area (Å²) >= 11 is 11.6. The zero-order valence-corrected chi connectivity index (χ0v) is 11.8. The van der Waals surface area contributed by atoms with E-state index >= 15 is 0 Å². The third kappa shape index (κ3) is 3.79. The number of nitro groups is 1. The largest absolute Gasteiger partial charge is 0.480 e. The van der Waals surface area contributed by atoms with Crippen LogP contribution in [0.5, 0.6) is 0 Å². The fraction of sp³-hybridized carbons (Fsp3) is 0.364. The highest BCUT2D eigenvalue weighted by Crippen LogP contribution is 2.32. The van der Waals surface area contributed by atoms with E-state index in [1.165, 1.54) is 24.0 Å². The summed E-state index contributed by atoms with van der Waals surface area (Å²) in [6.07, 6.45) is 0. The molecule has 1 aromatic rings. The molecule has 1 unspecified atom stereocenters. The van der Waals surface area contributed by atoms with Crippen LogP contribution in [0.25, 0.3) is 0 Å². The van der Waals surface area contributed by atoms with E-state index in [0.29, 0.717) is 0 Å². The third-order valence-corrected chi connectivity index (χ3v) is 3.23. The molecule has 0 bridgehead atoms. The number of nitrogens with zero attached hydrogens (tertiary/aromatic N) is 2. The van der Waals surface area contributed by atoms with Gasteiger partial charge in [-0.3, -0.25) is 19.8 Å². The standard InChI is InChI=1S/C11H12Cl2N2O4/c1-6(11(16)17)14(2)5-7-3-8(12)4-9(13)10(7)15(18)19/h3-4,6H,5H2,1-2H3,(H,16,17). The summed E-state index contributed by atoms with van der Waals surface area (Å²) in [6, 6.07) is 1.92. The van der Waals surface area contributed by atoms with E-state index in [1.54, 1.807) is 7.05 Å². The summed E-state index contributed by atoms with van der Waals surface area (Å²) in [5.74, 6) is -1.02. The van der Waals surface area contributed by atoms with Crippen molar-refractivity contribution in [3.63, 3.8) is 0 Å². The summed E-state index contributed by atoms with van der Waals surface area (Å²) < 4.78 is 0. The van der Waals surface area contributed by atoms with Crippen LogP contribution in [0, 0.1) is 10.1 Å². The Bertz CT molecular complexity index is 522. The van der Waals surface area contributed by atoms with Crippen LogP contribution in [0.3, 0.4) is 0 Å². The Morgan fingerprint density at radius 1 is 1.53 bits per heavy atom. The van der Waals surface area contributed by atoms with Gasteiger partial charge in [0, 0.05) is 17.1 Å². The number of carboxylic acids is 1. The number of likely N-dealkylation sites (N-methyl/N-ethyl adjacent to an activating group) is 1. The first kappa shape index (κ1) is 15.7. The van der Waals surface area contributed by atoms with Crippen LogP contribution in [-0.2, 0) is 11.3 Å². The molecule has 0 saturated carbocycles. The maximum Gasteiger partial charge on any atom is 0.320 e. The third-order valence-electron chi connectivity index (χ3n) is 2.73. The molecule has 0 aromatic heterocycles. The summed E-state index contributed by atoms with van der Waals surface area (Å²) in [5.41, 5.74) is 0.0219. The molecule has 0 heterocycles. The molecule has 0 amide bonds. The van der Waals surface area contributed by atoms with Gasteiger partial charge in [-0.05, 0) is 26.1 Å². The lowest BCUT2D eigenvalue weighted by atomic mass is 10.1. The van der Waals surface area contributed by atoms with Crippen molar-refractivity contribution in [2.24, 2.45) is 0 Å². The summed E-state index contributed by atoms with van der Waals surface area (Å²) in [7, 11) is 1.55. The fourth-order valence-electron chi connectivity index (χ4n) is 1.54. The average Bonchev–Trinajstić information content (AvgIpc) is 2.25. The van der Waals surface area contributed by atoms with Gasteiger partial charge >= 0.3 is 5.97 Å². The Labute approximate surface area is 119 Å². The minimum absolute atomic E-state index is 0.0596. The zero-order chi connectivity index (χ0) is 14.7. The normalized spacial score (nSPS) is 12.5. The van der Waals surface area contributed by atoms with Gasteiger partial charge in [0.25, 0.3) is 5.69 Å².